The fraction of sp³-hybridized carbons (Fsp3) is 0.636. The minimum Gasteiger partial charge on any atom is -0.302 e. The molecule has 2 rings (SSSR count). The zero-order valence-electron chi connectivity index (χ0n) is 11.4. The molecule has 0 aliphatic carbocycles. The van der Waals surface area contributed by atoms with Crippen molar-refractivity contribution in [3.05, 3.63) is 20.5 Å². The van der Waals surface area contributed by atoms with Crippen LogP contribution in [0, 0.1) is 10.1 Å². The van der Waals surface area contributed by atoms with E-state index in [1.54, 1.807) is 6.92 Å². The third kappa shape index (κ3) is 4.13. The Balaban J connectivity index is 2.07. The molecule has 118 valence electrons. The third-order valence-corrected chi connectivity index (χ3v) is 6.60. The summed E-state index contributed by atoms with van der Waals surface area (Å²) in [5.74, 6) is 0. The van der Waals surface area contributed by atoms with Gasteiger partial charge in [-0.15, -0.1) is 11.3 Å². The van der Waals surface area contributed by atoms with Gasteiger partial charge in [0.05, 0.1) is 4.92 Å². The summed E-state index contributed by atoms with van der Waals surface area (Å²) in [6, 6.07) is 0.728. The lowest BCUT2D eigenvalue weighted by Crippen LogP contribution is -2.40. The van der Waals surface area contributed by atoms with E-state index in [-0.39, 0.29) is 20.3 Å². The number of sulfonamides is 1. The topological polar surface area (TPSA) is 92.6 Å². The molecule has 0 spiro atoms. The summed E-state index contributed by atoms with van der Waals surface area (Å²) in [5.41, 5.74) is -0.380. The minimum atomic E-state index is -3.78. The predicted molar refractivity (Wildman–Crippen MR) is 81.4 cm³/mol. The molecule has 1 aromatic rings. The molecule has 7 nitrogen and oxygen atoms in total. The van der Waals surface area contributed by atoms with Crippen molar-refractivity contribution in [1.82, 2.24) is 9.62 Å². The van der Waals surface area contributed by atoms with Crippen LogP contribution in [0.1, 0.15) is 19.8 Å². The molecule has 1 aliphatic rings. The van der Waals surface area contributed by atoms with Gasteiger partial charge in [0.2, 0.25) is 0 Å². The van der Waals surface area contributed by atoms with E-state index in [9.17, 15) is 18.5 Å². The number of halogens is 1. The number of hydrogen-bond acceptors (Lipinski definition) is 6. The number of hydrogen-bond donors (Lipinski definition) is 1. The molecule has 0 saturated carbocycles. The molecular weight excluding hydrogens is 338 g/mol. The van der Waals surface area contributed by atoms with Crippen LogP contribution < -0.4 is 4.72 Å². The van der Waals surface area contributed by atoms with Gasteiger partial charge in [0, 0.05) is 18.7 Å². The highest BCUT2D eigenvalue weighted by Crippen LogP contribution is 2.36. The van der Waals surface area contributed by atoms with E-state index < -0.39 is 14.9 Å². The van der Waals surface area contributed by atoms with Crippen molar-refractivity contribution in [2.75, 3.05) is 19.6 Å². The van der Waals surface area contributed by atoms with Gasteiger partial charge in [0.25, 0.3) is 15.7 Å². The number of nitro groups is 1. The van der Waals surface area contributed by atoms with E-state index in [2.05, 4.69) is 9.62 Å². The molecule has 1 unspecified atom stereocenters. The van der Waals surface area contributed by atoms with Crippen LogP contribution in [0.3, 0.4) is 0 Å². The smallest absolute Gasteiger partial charge is 0.300 e. The molecule has 1 fully saturated rings. The van der Waals surface area contributed by atoms with E-state index in [0.29, 0.717) is 17.9 Å². The second kappa shape index (κ2) is 6.57. The summed E-state index contributed by atoms with van der Waals surface area (Å²) in [6.07, 6.45) is 2.26. The van der Waals surface area contributed by atoms with Crippen LogP contribution in [0.2, 0.25) is 4.34 Å². The second-order valence-electron chi connectivity index (χ2n) is 5.01. The monoisotopic (exact) mass is 353 g/mol. The molecule has 0 aromatic carbocycles. The van der Waals surface area contributed by atoms with E-state index in [1.165, 1.54) is 0 Å². The average Bonchev–Trinajstić information content (AvgIpc) is 2.97. The number of nitrogens with zero attached hydrogens (tertiary/aromatic N) is 2. The largest absolute Gasteiger partial charge is 0.302 e. The molecule has 1 atom stereocenters. The zero-order valence-corrected chi connectivity index (χ0v) is 13.8. The fourth-order valence-corrected chi connectivity index (χ4v) is 5.22. The van der Waals surface area contributed by atoms with Crippen LogP contribution in [0.5, 0.6) is 0 Å². The Morgan fingerprint density at radius 2 is 2.14 bits per heavy atom. The van der Waals surface area contributed by atoms with Gasteiger partial charge >= 0.3 is 0 Å². The van der Waals surface area contributed by atoms with Crippen LogP contribution in [-0.4, -0.2) is 43.9 Å². The molecule has 1 aliphatic heterocycles. The quantitative estimate of drug-likeness (QED) is 0.624. The van der Waals surface area contributed by atoms with Crippen molar-refractivity contribution in [1.29, 1.82) is 0 Å². The summed E-state index contributed by atoms with van der Waals surface area (Å²) in [5, 5.41) is 10.7. The van der Waals surface area contributed by atoms with E-state index in [4.69, 9.17) is 11.6 Å². The Labute approximate surface area is 132 Å². The first-order valence-electron chi connectivity index (χ1n) is 6.48. The Bertz CT molecular complexity index is 625. The van der Waals surface area contributed by atoms with E-state index in [1.807, 2.05) is 0 Å². The van der Waals surface area contributed by atoms with Gasteiger partial charge in [-0.05, 0) is 32.9 Å². The van der Waals surface area contributed by atoms with Crippen molar-refractivity contribution in [3.63, 3.8) is 0 Å². The van der Waals surface area contributed by atoms with Gasteiger partial charge in [0.1, 0.15) is 4.21 Å². The average molecular weight is 354 g/mol. The van der Waals surface area contributed by atoms with Crippen molar-refractivity contribution >= 4 is 38.6 Å². The molecule has 2 heterocycles. The number of likely N-dealkylation sites (tertiary alicyclic amines) is 1. The van der Waals surface area contributed by atoms with Crippen LogP contribution in [-0.2, 0) is 10.0 Å². The van der Waals surface area contributed by atoms with Gasteiger partial charge in [-0.25, -0.2) is 13.1 Å². The molecule has 1 N–H and O–H groups in total. The number of rotatable bonds is 6. The van der Waals surface area contributed by atoms with Crippen molar-refractivity contribution < 1.29 is 13.3 Å². The van der Waals surface area contributed by atoms with Gasteiger partial charge in [-0.3, -0.25) is 10.1 Å². The minimum absolute atomic E-state index is 0.132. The molecule has 0 bridgehead atoms. The highest BCUT2D eigenvalue weighted by Gasteiger charge is 2.27. The van der Waals surface area contributed by atoms with Gasteiger partial charge in [-0.1, -0.05) is 11.6 Å². The Kier molecular flexibility index (Phi) is 5.20. The van der Waals surface area contributed by atoms with Gasteiger partial charge in [0.15, 0.2) is 4.34 Å². The summed E-state index contributed by atoms with van der Waals surface area (Å²) < 4.78 is 26.7. The second-order valence-corrected chi connectivity index (χ2v) is 8.61. The van der Waals surface area contributed by atoms with Crippen molar-refractivity contribution in [3.8, 4) is 0 Å². The Morgan fingerprint density at radius 3 is 2.67 bits per heavy atom. The van der Waals surface area contributed by atoms with E-state index in [0.717, 1.165) is 32.0 Å². The van der Waals surface area contributed by atoms with Crippen LogP contribution in [0.15, 0.2) is 10.3 Å². The highest BCUT2D eigenvalue weighted by molar-refractivity contribution is 7.91. The Hall–Kier alpha value is -0.740. The SMILES string of the molecule is CC(CN1CCCC1)NS(=O)(=O)c1cc([N+](=O)[O-])c(Cl)s1. The first-order valence-corrected chi connectivity index (χ1v) is 9.16. The normalized spacial score (nSPS) is 18.0. The molecule has 0 amide bonds. The molecule has 21 heavy (non-hydrogen) atoms. The Morgan fingerprint density at radius 1 is 1.52 bits per heavy atom. The summed E-state index contributed by atoms with van der Waals surface area (Å²) >= 11 is 6.39. The lowest BCUT2D eigenvalue weighted by atomic mass is 10.3. The summed E-state index contributed by atoms with van der Waals surface area (Å²) in [4.78, 5) is 12.2. The fourth-order valence-electron chi connectivity index (χ4n) is 2.31. The lowest BCUT2D eigenvalue weighted by molar-refractivity contribution is -0.384. The molecular formula is C11H16ClN3O4S2. The van der Waals surface area contributed by atoms with Crippen LogP contribution in [0.25, 0.3) is 0 Å². The third-order valence-electron chi connectivity index (χ3n) is 3.19. The lowest BCUT2D eigenvalue weighted by Gasteiger charge is -2.20. The molecule has 0 radical (unpaired) electrons. The standard InChI is InChI=1S/C11H16ClN3O4S2/c1-8(7-14-4-2-3-5-14)13-21(18,19)10-6-9(15(16)17)11(12)20-10/h6,8,13H,2-5,7H2,1H3. The summed E-state index contributed by atoms with van der Waals surface area (Å²) in [6.45, 7) is 4.35. The number of nitrogens with one attached hydrogen (secondary N) is 1. The maximum atomic E-state index is 12.2. The van der Waals surface area contributed by atoms with Crippen LogP contribution in [0.4, 0.5) is 5.69 Å². The predicted octanol–water partition coefficient (Wildman–Crippen LogP) is 2.07. The van der Waals surface area contributed by atoms with Crippen molar-refractivity contribution in [2.45, 2.75) is 30.0 Å². The van der Waals surface area contributed by atoms with Crippen LogP contribution >= 0.6 is 22.9 Å². The van der Waals surface area contributed by atoms with Gasteiger partial charge in [-0.2, -0.15) is 0 Å². The van der Waals surface area contributed by atoms with Crippen molar-refractivity contribution in [2.24, 2.45) is 0 Å². The first-order chi connectivity index (χ1) is 9.79. The van der Waals surface area contributed by atoms with E-state index >= 15 is 0 Å². The zero-order chi connectivity index (χ0) is 15.6. The maximum Gasteiger partial charge on any atom is 0.300 e. The first kappa shape index (κ1) is 16.6. The highest BCUT2D eigenvalue weighted by atomic mass is 35.5. The number of thiophene rings is 1. The van der Waals surface area contributed by atoms with Gasteiger partial charge < -0.3 is 4.90 Å². The summed E-state index contributed by atoms with van der Waals surface area (Å²) in [7, 11) is -3.78. The molecule has 1 aromatic heterocycles. The molecule has 1 saturated heterocycles. The molecule has 10 heteroatoms. The maximum absolute atomic E-state index is 12.2.